The minimum Gasteiger partial charge on any atom is -0.474 e. The average Bonchev–Trinajstić information content (AvgIpc) is 3.63. The Morgan fingerprint density at radius 2 is 1.63 bits per heavy atom. The Labute approximate surface area is 347 Å². The Kier molecular flexibility index (Phi) is 10.1. The van der Waals surface area contributed by atoms with E-state index in [1.165, 1.54) is 11.8 Å². The van der Waals surface area contributed by atoms with Crippen LogP contribution in [0.5, 0.6) is 5.88 Å². The van der Waals surface area contributed by atoms with Gasteiger partial charge < -0.3 is 28.4 Å². The van der Waals surface area contributed by atoms with E-state index in [4.69, 9.17) is 18.9 Å². The van der Waals surface area contributed by atoms with Crippen LogP contribution in [0.15, 0.2) is 73.2 Å². The zero-order valence-electron chi connectivity index (χ0n) is 33.6. The van der Waals surface area contributed by atoms with E-state index in [1.807, 2.05) is 36.8 Å². The van der Waals surface area contributed by atoms with E-state index in [0.29, 0.717) is 45.4 Å². The van der Waals surface area contributed by atoms with E-state index in [1.54, 1.807) is 12.1 Å². The summed E-state index contributed by atoms with van der Waals surface area (Å²) in [6.45, 7) is 3.98. The SMILES string of the molecule is Cn1c2ccncc2c2ccc(-c3ccc(OC4CC(OCC5(COCCCOC6CN(c7ccc8c(c7)C(=O)N(C7CCC(=O)NC7=O)C8=O)C6)CCC5)C4)nc3)cc21. The van der Waals surface area contributed by atoms with Gasteiger partial charge in [-0.3, -0.25) is 34.4 Å². The number of carbonyl (C=O) groups is 4. The molecular formula is C46H48N6O8. The fourth-order valence-electron chi connectivity index (χ4n) is 9.19. The maximum Gasteiger partial charge on any atom is 0.262 e. The van der Waals surface area contributed by atoms with Gasteiger partial charge in [0.05, 0.1) is 42.1 Å². The molecular weight excluding hydrogens is 765 g/mol. The van der Waals surface area contributed by atoms with E-state index < -0.39 is 29.7 Å². The average molecular weight is 813 g/mol. The summed E-state index contributed by atoms with van der Waals surface area (Å²) >= 11 is 0. The lowest BCUT2D eigenvalue weighted by atomic mass is 9.70. The van der Waals surface area contributed by atoms with Crippen molar-refractivity contribution in [1.29, 1.82) is 0 Å². The molecule has 4 fully saturated rings. The van der Waals surface area contributed by atoms with Crippen molar-refractivity contribution in [3.8, 4) is 17.0 Å². The highest BCUT2D eigenvalue weighted by Gasteiger charge is 2.45. The number of hydrogen-bond acceptors (Lipinski definition) is 11. The lowest BCUT2D eigenvalue weighted by molar-refractivity contribution is -0.136. The number of fused-ring (bicyclic) bond motifs is 4. The second kappa shape index (κ2) is 15.7. The van der Waals surface area contributed by atoms with Gasteiger partial charge in [-0.05, 0) is 67.6 Å². The molecule has 1 N–H and O–H groups in total. The van der Waals surface area contributed by atoms with Crippen molar-refractivity contribution in [2.24, 2.45) is 12.5 Å². The minimum atomic E-state index is -0.975. The molecule has 0 spiro atoms. The largest absolute Gasteiger partial charge is 0.474 e. The number of hydrogen-bond donors (Lipinski definition) is 1. The molecule has 2 saturated heterocycles. The zero-order chi connectivity index (χ0) is 41.0. The number of aryl methyl sites for hydroxylation is 1. The Morgan fingerprint density at radius 3 is 2.42 bits per heavy atom. The van der Waals surface area contributed by atoms with Gasteiger partial charge in [0.2, 0.25) is 17.7 Å². The molecule has 4 amide bonds. The Hall–Kier alpha value is -5.70. The molecule has 1 atom stereocenters. The van der Waals surface area contributed by atoms with Crippen molar-refractivity contribution in [2.45, 2.75) is 75.7 Å². The molecule has 3 aliphatic heterocycles. The van der Waals surface area contributed by atoms with Gasteiger partial charge in [0.25, 0.3) is 11.8 Å². The third-order valence-electron chi connectivity index (χ3n) is 13.1. The van der Waals surface area contributed by atoms with Crippen LogP contribution < -0.4 is 15.0 Å². The van der Waals surface area contributed by atoms with Crippen molar-refractivity contribution >= 4 is 51.1 Å². The summed E-state index contributed by atoms with van der Waals surface area (Å²) in [4.78, 5) is 62.2. The van der Waals surface area contributed by atoms with Crippen molar-refractivity contribution in [1.82, 2.24) is 24.8 Å². The molecule has 6 heterocycles. The number of amides is 4. The summed E-state index contributed by atoms with van der Waals surface area (Å²) < 4.78 is 27.0. The molecule has 14 heteroatoms. The van der Waals surface area contributed by atoms with Crippen molar-refractivity contribution in [3.05, 3.63) is 84.3 Å². The molecule has 1 unspecified atom stereocenters. The first-order chi connectivity index (χ1) is 29.2. The summed E-state index contributed by atoms with van der Waals surface area (Å²) in [6.07, 6.45) is 12.2. The fourth-order valence-corrected chi connectivity index (χ4v) is 9.19. The number of benzene rings is 2. The van der Waals surface area contributed by atoms with Crippen molar-refractivity contribution in [2.75, 3.05) is 44.4 Å². The molecule has 5 aromatic rings. The highest BCUT2D eigenvalue weighted by molar-refractivity contribution is 6.23. The molecule has 10 rings (SSSR count). The van der Waals surface area contributed by atoms with Crippen molar-refractivity contribution < 1.29 is 38.1 Å². The third kappa shape index (κ3) is 7.20. The standard InChI is InChI=1S/C46H48N6O8/c1-50-38-12-15-47-23-37(38)34-7-4-28(18-40(34)50)29-5-11-42(48-22-29)60-32-20-31(21-32)59-27-46(13-2-14-46)26-57-16-3-17-58-33-24-51(25-33)30-6-8-35-36(19-30)45(56)52(44(35)55)39-9-10-41(53)49-43(39)54/h4-8,11-12,15,18-19,22-23,31-33,39H,2-3,9-10,13-14,16-17,20-21,24-27H2,1H3,(H,49,53,54). The number of aromatic nitrogens is 3. The fraction of sp³-hybridized carbons (Fsp3) is 0.435. The lowest BCUT2D eigenvalue weighted by Gasteiger charge is -2.44. The topological polar surface area (TPSA) is 154 Å². The van der Waals surface area contributed by atoms with Crippen molar-refractivity contribution in [3.63, 3.8) is 0 Å². The number of piperidine rings is 1. The maximum absolute atomic E-state index is 13.2. The molecule has 3 aromatic heterocycles. The smallest absolute Gasteiger partial charge is 0.262 e. The molecule has 5 aliphatic rings. The quantitative estimate of drug-likeness (QED) is 0.104. The van der Waals surface area contributed by atoms with Crippen LogP contribution in [0.25, 0.3) is 32.9 Å². The number of carbonyl (C=O) groups excluding carboxylic acids is 4. The normalized spacial score (nSPS) is 22.4. The molecule has 2 saturated carbocycles. The van der Waals surface area contributed by atoms with Gasteiger partial charge >= 0.3 is 0 Å². The Bertz CT molecular complexity index is 2490. The first-order valence-corrected chi connectivity index (χ1v) is 21.1. The van der Waals surface area contributed by atoms with E-state index in [9.17, 15) is 19.2 Å². The van der Waals surface area contributed by atoms with Crippen LogP contribution in [0.4, 0.5) is 5.69 Å². The van der Waals surface area contributed by atoms with Crippen LogP contribution in [0.2, 0.25) is 0 Å². The van der Waals surface area contributed by atoms with E-state index in [-0.39, 0.29) is 47.7 Å². The maximum atomic E-state index is 13.2. The van der Waals surface area contributed by atoms with Crippen LogP contribution in [-0.2, 0) is 30.8 Å². The highest BCUT2D eigenvalue weighted by Crippen LogP contribution is 2.43. The number of anilines is 1. The summed E-state index contributed by atoms with van der Waals surface area (Å²) in [5.74, 6) is -1.37. The third-order valence-corrected chi connectivity index (χ3v) is 13.1. The predicted octanol–water partition coefficient (Wildman–Crippen LogP) is 5.60. The van der Waals surface area contributed by atoms with Gasteiger partial charge in [-0.1, -0.05) is 18.6 Å². The lowest BCUT2D eigenvalue weighted by Crippen LogP contribution is -2.54. The molecule has 0 radical (unpaired) electrons. The van der Waals surface area contributed by atoms with Crippen LogP contribution in [0.1, 0.15) is 72.1 Å². The summed E-state index contributed by atoms with van der Waals surface area (Å²) in [5.41, 5.74) is 5.96. The first kappa shape index (κ1) is 38.5. The zero-order valence-corrected chi connectivity index (χ0v) is 33.6. The van der Waals surface area contributed by atoms with Gasteiger partial charge in [0.15, 0.2) is 0 Å². The van der Waals surface area contributed by atoms with Gasteiger partial charge in [0.1, 0.15) is 12.1 Å². The Balaban J connectivity index is 0.612. The molecule has 2 aromatic carbocycles. The molecule has 14 nitrogen and oxygen atoms in total. The molecule has 2 aliphatic carbocycles. The van der Waals surface area contributed by atoms with E-state index in [2.05, 4.69) is 56.1 Å². The highest BCUT2D eigenvalue weighted by atomic mass is 16.5. The Morgan fingerprint density at radius 1 is 0.800 bits per heavy atom. The van der Waals surface area contributed by atoms with Crippen LogP contribution in [0.3, 0.4) is 0 Å². The van der Waals surface area contributed by atoms with Gasteiger partial charge in [0, 0.05) is 110 Å². The van der Waals surface area contributed by atoms with Crippen LogP contribution in [0, 0.1) is 5.41 Å². The molecule has 0 bridgehead atoms. The number of rotatable bonds is 15. The van der Waals surface area contributed by atoms with E-state index in [0.717, 1.165) is 70.2 Å². The summed E-state index contributed by atoms with van der Waals surface area (Å²) in [6, 6.07) is 16.8. The number of imide groups is 2. The summed E-state index contributed by atoms with van der Waals surface area (Å²) in [7, 11) is 2.09. The van der Waals surface area contributed by atoms with Gasteiger partial charge in [-0.2, -0.15) is 0 Å². The number of nitrogens with zero attached hydrogens (tertiary/aromatic N) is 5. The second-order valence-electron chi connectivity index (χ2n) is 17.0. The number of nitrogens with one attached hydrogen (secondary N) is 1. The summed E-state index contributed by atoms with van der Waals surface area (Å²) in [5, 5.41) is 4.58. The first-order valence-electron chi connectivity index (χ1n) is 21.1. The molecule has 310 valence electrons. The number of pyridine rings is 2. The van der Waals surface area contributed by atoms with Crippen LogP contribution in [-0.4, -0.2) is 107 Å². The van der Waals surface area contributed by atoms with Gasteiger partial charge in [-0.15, -0.1) is 0 Å². The van der Waals surface area contributed by atoms with Crippen LogP contribution >= 0.6 is 0 Å². The predicted molar refractivity (Wildman–Crippen MR) is 222 cm³/mol. The monoisotopic (exact) mass is 812 g/mol. The van der Waals surface area contributed by atoms with E-state index >= 15 is 0 Å². The number of ether oxygens (including phenoxy) is 4. The molecule has 60 heavy (non-hydrogen) atoms. The van der Waals surface area contributed by atoms with Gasteiger partial charge in [-0.25, -0.2) is 4.98 Å². The second-order valence-corrected chi connectivity index (χ2v) is 17.0. The minimum absolute atomic E-state index is 0.0717.